The van der Waals surface area contributed by atoms with Gasteiger partial charge in [-0.15, -0.1) is 0 Å². The van der Waals surface area contributed by atoms with E-state index in [0.29, 0.717) is 0 Å². The van der Waals surface area contributed by atoms with Crippen LogP contribution in [0, 0.1) is 0 Å². The molecule has 1 nitrogen and oxygen atoms in total. The molecule has 2 aliphatic rings. The predicted molar refractivity (Wildman–Crippen MR) is 65.0 cm³/mol. The number of hydrogen-bond acceptors (Lipinski definition) is 2. The molecule has 1 heterocycles. The first-order valence-electron chi connectivity index (χ1n) is 5.02. The predicted octanol–water partition coefficient (Wildman–Crippen LogP) is 3.51. The molecular weight excluding hydrogens is 204 g/mol. The molecule has 3 rings (SSSR count). The highest BCUT2D eigenvalue weighted by Crippen LogP contribution is 2.35. The number of para-hydroxylation sites is 1. The van der Waals surface area contributed by atoms with Gasteiger partial charge in [-0.1, -0.05) is 30.4 Å². The summed E-state index contributed by atoms with van der Waals surface area (Å²) in [6, 6.07) is 8.08. The number of fused-ring (bicyclic) bond motifs is 2. The van der Waals surface area contributed by atoms with E-state index in [1.807, 2.05) is 18.2 Å². The quantitative estimate of drug-likeness (QED) is 0.611. The molecule has 0 amide bonds. The lowest BCUT2D eigenvalue weighted by atomic mass is 9.95. The minimum Gasteiger partial charge on any atom is -0.457 e. The van der Waals surface area contributed by atoms with Crippen molar-refractivity contribution < 1.29 is 4.74 Å². The third-order valence-corrected chi connectivity index (χ3v) is 3.00. The summed E-state index contributed by atoms with van der Waals surface area (Å²) in [6.07, 6.45) is 5.99. The van der Waals surface area contributed by atoms with E-state index in [4.69, 9.17) is 17.0 Å². The van der Waals surface area contributed by atoms with E-state index in [1.165, 1.54) is 5.57 Å². The fraction of sp³-hybridized carbons (Fsp3) is 0.154. The zero-order chi connectivity index (χ0) is 10.3. The van der Waals surface area contributed by atoms with Gasteiger partial charge in [-0.25, -0.2) is 0 Å². The van der Waals surface area contributed by atoms with Gasteiger partial charge >= 0.3 is 0 Å². The Balaban J connectivity index is 2.11. The molecule has 1 aromatic rings. The van der Waals surface area contributed by atoms with Gasteiger partial charge in [0.1, 0.15) is 11.5 Å². The lowest BCUT2D eigenvalue weighted by Crippen LogP contribution is -2.12. The van der Waals surface area contributed by atoms with Gasteiger partial charge in [-0.05, 0) is 18.2 Å². The summed E-state index contributed by atoms with van der Waals surface area (Å²) in [6.45, 7) is 0. The van der Waals surface area contributed by atoms with Crippen LogP contribution in [0.25, 0.3) is 6.08 Å². The maximum Gasteiger partial charge on any atom is 0.134 e. The minimum atomic E-state index is 0.865. The fourth-order valence-corrected chi connectivity index (χ4v) is 2.18. The number of ether oxygens (including phenoxy) is 1. The average molecular weight is 214 g/mol. The second-order valence-corrected chi connectivity index (χ2v) is 4.37. The Bertz CT molecular complexity index is 497. The van der Waals surface area contributed by atoms with Crippen LogP contribution in [0.4, 0.5) is 0 Å². The number of allylic oxidation sites excluding steroid dienone is 2. The Kier molecular flexibility index (Phi) is 1.96. The van der Waals surface area contributed by atoms with Crippen molar-refractivity contribution in [2.24, 2.45) is 0 Å². The van der Waals surface area contributed by atoms with Crippen LogP contribution >= 0.6 is 12.2 Å². The number of benzene rings is 1. The molecule has 2 heteroatoms. The summed E-state index contributed by atoms with van der Waals surface area (Å²) >= 11 is 5.23. The molecule has 1 aliphatic heterocycles. The Morgan fingerprint density at radius 2 is 2.07 bits per heavy atom. The monoisotopic (exact) mass is 214 g/mol. The molecule has 1 aliphatic carbocycles. The highest BCUT2D eigenvalue weighted by molar-refractivity contribution is 7.80. The third-order valence-electron chi connectivity index (χ3n) is 2.69. The number of hydrogen-bond donors (Lipinski definition) is 0. The zero-order valence-corrected chi connectivity index (χ0v) is 9.01. The summed E-state index contributed by atoms with van der Waals surface area (Å²) in [5.74, 6) is 1.93. The molecule has 0 atom stereocenters. The molecule has 0 N–H and O–H groups in total. The van der Waals surface area contributed by atoms with Crippen LogP contribution in [-0.4, -0.2) is 4.86 Å². The third kappa shape index (κ3) is 1.51. The Morgan fingerprint density at radius 1 is 1.20 bits per heavy atom. The first kappa shape index (κ1) is 8.86. The van der Waals surface area contributed by atoms with Gasteiger partial charge in [0, 0.05) is 28.8 Å². The summed E-state index contributed by atoms with van der Waals surface area (Å²) in [5, 5.41) is 0. The topological polar surface area (TPSA) is 9.23 Å². The summed E-state index contributed by atoms with van der Waals surface area (Å²) in [7, 11) is 0. The number of thiocarbonyl (C=S) groups is 1. The van der Waals surface area contributed by atoms with Gasteiger partial charge in [-0.3, -0.25) is 0 Å². The molecule has 74 valence electrons. The van der Waals surface area contributed by atoms with Crippen molar-refractivity contribution in [1.82, 2.24) is 0 Å². The largest absolute Gasteiger partial charge is 0.457 e. The van der Waals surface area contributed by atoms with Gasteiger partial charge in [0.15, 0.2) is 0 Å². The first-order valence-corrected chi connectivity index (χ1v) is 5.43. The van der Waals surface area contributed by atoms with Gasteiger partial charge in [0.2, 0.25) is 0 Å². The van der Waals surface area contributed by atoms with Crippen LogP contribution in [0.5, 0.6) is 5.75 Å². The highest BCUT2D eigenvalue weighted by Gasteiger charge is 2.20. The number of rotatable bonds is 0. The van der Waals surface area contributed by atoms with E-state index >= 15 is 0 Å². The fourth-order valence-electron chi connectivity index (χ4n) is 1.94. The molecule has 0 radical (unpaired) electrons. The van der Waals surface area contributed by atoms with Gasteiger partial charge in [0.25, 0.3) is 0 Å². The van der Waals surface area contributed by atoms with Crippen LogP contribution in [-0.2, 0) is 0 Å². The van der Waals surface area contributed by atoms with Crippen molar-refractivity contribution in [1.29, 1.82) is 0 Å². The highest BCUT2D eigenvalue weighted by atomic mass is 32.1. The van der Waals surface area contributed by atoms with Crippen LogP contribution < -0.4 is 4.74 Å². The molecule has 0 saturated carbocycles. The lowest BCUT2D eigenvalue weighted by Gasteiger charge is -2.23. The summed E-state index contributed by atoms with van der Waals surface area (Å²) in [4.78, 5) is 1.09. The Hall–Kier alpha value is -1.41. The van der Waals surface area contributed by atoms with E-state index in [0.717, 1.165) is 34.8 Å². The Morgan fingerprint density at radius 3 is 3.00 bits per heavy atom. The van der Waals surface area contributed by atoms with E-state index in [2.05, 4.69) is 18.2 Å². The summed E-state index contributed by atoms with van der Waals surface area (Å²) in [5.41, 5.74) is 2.36. The molecular formula is C13H10OS. The maximum absolute atomic E-state index is 5.82. The van der Waals surface area contributed by atoms with Crippen LogP contribution in [0.1, 0.15) is 18.4 Å². The van der Waals surface area contributed by atoms with E-state index < -0.39 is 0 Å². The SMILES string of the molecule is S=C1CC=C2Oc3ccccc3C=C2C1. The molecule has 0 bridgehead atoms. The van der Waals surface area contributed by atoms with Gasteiger partial charge < -0.3 is 4.74 Å². The normalized spacial score (nSPS) is 18.3. The summed E-state index contributed by atoms with van der Waals surface area (Å²) < 4.78 is 5.82. The second kappa shape index (κ2) is 3.31. The van der Waals surface area contributed by atoms with Gasteiger partial charge in [-0.2, -0.15) is 0 Å². The maximum atomic E-state index is 5.82. The molecule has 0 aromatic heterocycles. The minimum absolute atomic E-state index is 0.865. The van der Waals surface area contributed by atoms with Crippen molar-refractivity contribution in [2.75, 3.05) is 0 Å². The lowest BCUT2D eigenvalue weighted by molar-refractivity contribution is 0.426. The van der Waals surface area contributed by atoms with Crippen LogP contribution in [0.2, 0.25) is 0 Å². The molecule has 0 unspecified atom stereocenters. The smallest absolute Gasteiger partial charge is 0.134 e. The zero-order valence-electron chi connectivity index (χ0n) is 8.19. The first-order chi connectivity index (χ1) is 7.33. The van der Waals surface area contributed by atoms with Crippen LogP contribution in [0.15, 0.2) is 41.7 Å². The van der Waals surface area contributed by atoms with Crippen LogP contribution in [0.3, 0.4) is 0 Å². The molecule has 0 fully saturated rings. The molecule has 1 aromatic carbocycles. The van der Waals surface area contributed by atoms with Crippen molar-refractivity contribution in [2.45, 2.75) is 12.8 Å². The molecule has 15 heavy (non-hydrogen) atoms. The van der Waals surface area contributed by atoms with Crippen molar-refractivity contribution >= 4 is 23.2 Å². The molecule has 0 spiro atoms. The van der Waals surface area contributed by atoms with Crippen molar-refractivity contribution in [3.63, 3.8) is 0 Å². The van der Waals surface area contributed by atoms with Crippen molar-refractivity contribution in [3.8, 4) is 5.75 Å². The second-order valence-electron chi connectivity index (χ2n) is 3.80. The average Bonchev–Trinajstić information content (AvgIpc) is 2.26. The van der Waals surface area contributed by atoms with Crippen molar-refractivity contribution in [3.05, 3.63) is 47.2 Å². The molecule has 0 saturated heterocycles. The van der Waals surface area contributed by atoms with E-state index in [-0.39, 0.29) is 0 Å². The van der Waals surface area contributed by atoms with Gasteiger partial charge in [0.05, 0.1) is 0 Å². The van der Waals surface area contributed by atoms with E-state index in [1.54, 1.807) is 0 Å². The standard InChI is InChI=1S/C13H10OS/c15-11-5-6-13-10(8-11)7-9-3-1-2-4-12(9)14-13/h1-4,6-7H,5,8H2. The Labute approximate surface area is 94.1 Å². The van der Waals surface area contributed by atoms with E-state index in [9.17, 15) is 0 Å².